The van der Waals surface area contributed by atoms with E-state index in [4.69, 9.17) is 9.97 Å². The summed E-state index contributed by atoms with van der Waals surface area (Å²) in [5.41, 5.74) is 12.2. The number of aromatic nitrogens is 5. The third-order valence-electron chi connectivity index (χ3n) is 11.3. The molecule has 0 bridgehead atoms. The summed E-state index contributed by atoms with van der Waals surface area (Å²) < 4.78 is 6.91. The van der Waals surface area contributed by atoms with Crippen LogP contribution in [0.2, 0.25) is 0 Å². The van der Waals surface area contributed by atoms with Crippen molar-refractivity contribution < 1.29 is 0 Å². The van der Waals surface area contributed by atoms with Crippen molar-refractivity contribution in [3.8, 4) is 34.2 Å². The van der Waals surface area contributed by atoms with Gasteiger partial charge in [-0.3, -0.25) is 4.57 Å². The van der Waals surface area contributed by atoms with E-state index in [1.54, 1.807) is 0 Å². The summed E-state index contributed by atoms with van der Waals surface area (Å²) in [7, 11) is 0. The molecule has 7 aromatic carbocycles. The maximum atomic E-state index is 5.50. The number of fused-ring (bicyclic) bond motifs is 10. The number of allylic oxidation sites excluding steroid dienone is 5. The van der Waals surface area contributed by atoms with Crippen LogP contribution in [0.15, 0.2) is 201 Å². The van der Waals surface area contributed by atoms with Gasteiger partial charge < -0.3 is 9.13 Å². The molecule has 0 saturated heterocycles. The topological polar surface area (TPSA) is 40.6 Å². The lowest BCUT2D eigenvalue weighted by molar-refractivity contribution is 0.995. The summed E-state index contributed by atoms with van der Waals surface area (Å²) in [6, 6.07) is 60.2. The summed E-state index contributed by atoms with van der Waals surface area (Å²) in [6.45, 7) is 6.63. The van der Waals surface area contributed by atoms with Crippen LogP contribution in [-0.2, 0) is 0 Å². The Hall–Kier alpha value is -7.76. The van der Waals surface area contributed by atoms with Crippen LogP contribution in [0.25, 0.3) is 105 Å². The predicted octanol–water partition coefficient (Wildman–Crippen LogP) is 13.7. The Bertz CT molecular complexity index is 3430. The Balaban J connectivity index is 1.22. The van der Waals surface area contributed by atoms with Gasteiger partial charge in [0.2, 0.25) is 5.95 Å². The SMILES string of the molecule is C=C(/C=C\C=C/C)n1c2ccccc2c2ccc3c4ccccc4n(-c4nc(-c5ccccc5)cc(-c5cccc(-n6c7ccccc7c7ccccc76)c5)n4)c3c21. The van der Waals surface area contributed by atoms with Gasteiger partial charge in [-0.1, -0.05) is 152 Å². The molecule has 274 valence electrons. The zero-order valence-electron chi connectivity index (χ0n) is 31.9. The first kappa shape index (κ1) is 33.6. The molecule has 0 unspecified atom stereocenters. The second kappa shape index (κ2) is 13.5. The number of nitrogens with zero attached hydrogens (tertiary/aromatic N) is 5. The van der Waals surface area contributed by atoms with Crippen molar-refractivity contribution in [3.63, 3.8) is 0 Å². The van der Waals surface area contributed by atoms with E-state index in [1.807, 2.05) is 31.2 Å². The standard InChI is InChI=1S/C53H37N5/c1-3-4-6-18-35(2)56-47-27-13-11-25-41(47)43-31-32-44-42-26-12-16-30-50(42)58(52(44)51(43)56)53-54-45(36-19-7-5-8-20-36)34-46(55-53)37-21-17-22-38(33-37)57-48-28-14-9-23-39(48)40-24-10-15-29-49(40)57/h3-34H,2H2,1H3/b4-3-,18-6-. The fraction of sp³-hybridized carbons (Fsp3) is 0.0189. The van der Waals surface area contributed by atoms with Gasteiger partial charge >= 0.3 is 0 Å². The zero-order chi connectivity index (χ0) is 38.7. The summed E-state index contributed by atoms with van der Waals surface area (Å²) in [5, 5.41) is 7.03. The second-order valence-corrected chi connectivity index (χ2v) is 14.7. The normalized spacial score (nSPS) is 12.2. The average molecular weight is 744 g/mol. The minimum Gasteiger partial charge on any atom is -0.309 e. The molecular weight excluding hydrogens is 707 g/mol. The Morgan fingerprint density at radius 1 is 0.466 bits per heavy atom. The van der Waals surface area contributed by atoms with Gasteiger partial charge in [-0.15, -0.1) is 0 Å². The van der Waals surface area contributed by atoms with Crippen LogP contribution in [0, 0.1) is 0 Å². The van der Waals surface area contributed by atoms with E-state index in [0.29, 0.717) is 5.95 Å². The molecule has 5 nitrogen and oxygen atoms in total. The Morgan fingerprint density at radius 3 is 1.64 bits per heavy atom. The van der Waals surface area contributed by atoms with Gasteiger partial charge in [0.1, 0.15) is 0 Å². The number of hydrogen-bond acceptors (Lipinski definition) is 2. The molecule has 0 radical (unpaired) electrons. The van der Waals surface area contributed by atoms with Gasteiger partial charge in [-0.05, 0) is 55.5 Å². The molecular formula is C53H37N5. The molecule has 0 aliphatic heterocycles. The maximum Gasteiger partial charge on any atom is 0.235 e. The molecule has 0 fully saturated rings. The molecule has 0 saturated carbocycles. The molecule has 4 heterocycles. The smallest absolute Gasteiger partial charge is 0.235 e. The third-order valence-corrected chi connectivity index (χ3v) is 11.3. The number of hydrogen-bond donors (Lipinski definition) is 0. The van der Waals surface area contributed by atoms with Crippen LogP contribution in [0.4, 0.5) is 0 Å². The minimum absolute atomic E-state index is 0.601. The molecule has 0 amide bonds. The van der Waals surface area contributed by atoms with Crippen molar-refractivity contribution in [2.45, 2.75) is 6.92 Å². The second-order valence-electron chi connectivity index (χ2n) is 14.7. The van der Waals surface area contributed by atoms with E-state index in [1.165, 1.54) is 27.2 Å². The molecule has 58 heavy (non-hydrogen) atoms. The van der Waals surface area contributed by atoms with Crippen LogP contribution < -0.4 is 0 Å². The average Bonchev–Trinajstić information content (AvgIpc) is 3.93. The summed E-state index contributed by atoms with van der Waals surface area (Å²) in [4.78, 5) is 10.9. The highest BCUT2D eigenvalue weighted by Crippen LogP contribution is 2.42. The largest absolute Gasteiger partial charge is 0.309 e. The van der Waals surface area contributed by atoms with Crippen molar-refractivity contribution in [2.75, 3.05) is 0 Å². The summed E-state index contributed by atoms with van der Waals surface area (Å²) in [5.74, 6) is 0.601. The van der Waals surface area contributed by atoms with E-state index in [0.717, 1.165) is 72.1 Å². The first-order chi connectivity index (χ1) is 28.7. The molecule has 5 heteroatoms. The van der Waals surface area contributed by atoms with Crippen LogP contribution in [-0.4, -0.2) is 23.7 Å². The van der Waals surface area contributed by atoms with Crippen LogP contribution in [0.1, 0.15) is 6.92 Å². The molecule has 0 aliphatic rings. The first-order valence-corrected chi connectivity index (χ1v) is 19.7. The van der Waals surface area contributed by atoms with Crippen LogP contribution in [0.3, 0.4) is 0 Å². The highest BCUT2D eigenvalue weighted by atomic mass is 15.2. The number of para-hydroxylation sites is 4. The molecule has 4 aromatic heterocycles. The Morgan fingerprint density at radius 2 is 0.983 bits per heavy atom. The first-order valence-electron chi connectivity index (χ1n) is 19.7. The van der Waals surface area contributed by atoms with Gasteiger partial charge in [0.15, 0.2) is 0 Å². The molecule has 11 aromatic rings. The lowest BCUT2D eigenvalue weighted by Gasteiger charge is -2.14. The highest BCUT2D eigenvalue weighted by molar-refractivity contribution is 6.24. The van der Waals surface area contributed by atoms with Gasteiger partial charge in [0.05, 0.1) is 44.5 Å². The Labute approximate surface area is 335 Å². The van der Waals surface area contributed by atoms with Gasteiger partial charge in [0.25, 0.3) is 0 Å². The quantitative estimate of drug-likeness (QED) is 0.153. The van der Waals surface area contributed by atoms with Crippen LogP contribution in [0.5, 0.6) is 0 Å². The predicted molar refractivity (Wildman–Crippen MR) is 244 cm³/mol. The monoisotopic (exact) mass is 743 g/mol. The maximum absolute atomic E-state index is 5.50. The minimum atomic E-state index is 0.601. The fourth-order valence-corrected chi connectivity index (χ4v) is 8.80. The van der Waals surface area contributed by atoms with Crippen LogP contribution >= 0.6 is 0 Å². The van der Waals surface area contributed by atoms with Gasteiger partial charge in [-0.25, -0.2) is 9.97 Å². The van der Waals surface area contributed by atoms with Crippen molar-refractivity contribution in [3.05, 3.63) is 201 Å². The molecule has 11 rings (SSSR count). The number of rotatable bonds is 7. The lowest BCUT2D eigenvalue weighted by atomic mass is 10.1. The van der Waals surface area contributed by atoms with Gasteiger partial charge in [-0.2, -0.15) is 0 Å². The van der Waals surface area contributed by atoms with Crippen molar-refractivity contribution >= 4 is 71.1 Å². The fourth-order valence-electron chi connectivity index (χ4n) is 8.80. The van der Waals surface area contributed by atoms with Crippen molar-refractivity contribution in [2.24, 2.45) is 0 Å². The summed E-state index contributed by atoms with van der Waals surface area (Å²) in [6.07, 6.45) is 8.18. The third kappa shape index (κ3) is 5.17. The lowest BCUT2D eigenvalue weighted by Crippen LogP contribution is -2.05. The molecule has 0 atom stereocenters. The van der Waals surface area contributed by atoms with E-state index < -0.39 is 0 Å². The Kier molecular flexibility index (Phi) is 7.79. The summed E-state index contributed by atoms with van der Waals surface area (Å²) >= 11 is 0. The zero-order valence-corrected chi connectivity index (χ0v) is 31.9. The number of benzene rings is 7. The highest BCUT2D eigenvalue weighted by Gasteiger charge is 2.23. The molecule has 0 spiro atoms. The van der Waals surface area contributed by atoms with E-state index in [-0.39, 0.29) is 0 Å². The van der Waals surface area contributed by atoms with Gasteiger partial charge in [0, 0.05) is 54.8 Å². The molecule has 0 aliphatic carbocycles. The van der Waals surface area contributed by atoms with E-state index in [9.17, 15) is 0 Å². The van der Waals surface area contributed by atoms with E-state index >= 15 is 0 Å². The van der Waals surface area contributed by atoms with Crippen molar-refractivity contribution in [1.82, 2.24) is 23.7 Å². The van der Waals surface area contributed by atoms with E-state index in [2.05, 4.69) is 190 Å². The molecule has 0 N–H and O–H groups in total. The van der Waals surface area contributed by atoms with Crippen molar-refractivity contribution in [1.29, 1.82) is 0 Å².